The summed E-state index contributed by atoms with van der Waals surface area (Å²) in [4.78, 5) is 28.7. The van der Waals surface area contributed by atoms with Crippen molar-refractivity contribution in [2.45, 2.75) is 31.6 Å². The van der Waals surface area contributed by atoms with Crippen molar-refractivity contribution < 1.29 is 13.2 Å². The normalized spacial score (nSPS) is 11.4. The van der Waals surface area contributed by atoms with Crippen LogP contribution in [0.1, 0.15) is 25.8 Å². The minimum Gasteiger partial charge on any atom is -0.457 e. The molecule has 1 aromatic heterocycles. The van der Waals surface area contributed by atoms with Gasteiger partial charge in [-0.25, -0.2) is 17.8 Å². The molecule has 0 saturated heterocycles. The highest BCUT2D eigenvalue weighted by molar-refractivity contribution is 7.92. The largest absolute Gasteiger partial charge is 0.457 e. The summed E-state index contributed by atoms with van der Waals surface area (Å²) < 4.78 is 36.4. The maximum atomic E-state index is 14.1. The Morgan fingerprint density at radius 3 is 2.33 bits per heavy atom. The molecule has 0 atom stereocenters. The van der Waals surface area contributed by atoms with Crippen LogP contribution < -0.4 is 20.3 Å². The fourth-order valence-corrected chi connectivity index (χ4v) is 6.27. The van der Waals surface area contributed by atoms with Crippen molar-refractivity contribution in [3.63, 3.8) is 0 Å². The third kappa shape index (κ3) is 5.15. The Morgan fingerprint density at radius 1 is 0.825 bits per heavy atom. The minimum atomic E-state index is -4.08. The Labute approximate surface area is 232 Å². The van der Waals surface area contributed by atoms with Gasteiger partial charge in [0, 0.05) is 12.6 Å². The topological polar surface area (TPSA) is 101 Å². The van der Waals surface area contributed by atoms with Gasteiger partial charge in [-0.3, -0.25) is 9.10 Å². The van der Waals surface area contributed by atoms with Crippen molar-refractivity contribution in [2.24, 2.45) is 0 Å². The summed E-state index contributed by atoms with van der Waals surface area (Å²) in [7, 11) is -4.08. The zero-order chi connectivity index (χ0) is 28.3. The molecule has 40 heavy (non-hydrogen) atoms. The van der Waals surface area contributed by atoms with Gasteiger partial charge in [0.1, 0.15) is 11.5 Å². The third-order valence-electron chi connectivity index (χ3n) is 6.58. The van der Waals surface area contributed by atoms with E-state index in [9.17, 15) is 18.0 Å². The number of fused-ring (bicyclic) bond motifs is 1. The molecule has 204 valence electrons. The lowest BCUT2D eigenvalue weighted by atomic mass is 10.1. The molecule has 0 radical (unpaired) electrons. The maximum Gasteiger partial charge on any atom is 0.333 e. The first-order chi connectivity index (χ1) is 19.3. The Morgan fingerprint density at radius 2 is 1.57 bits per heavy atom. The molecule has 0 fully saturated rings. The SMILES string of the molecule is CCCc1ccc(Oc2ccccc2)cc1N(CC)S(=O)(=O)c1cccc(-n2c(=O)[nH]c3ccccc3c2=O)c1. The first kappa shape index (κ1) is 27.0. The number of hydrogen-bond donors (Lipinski definition) is 1. The number of para-hydroxylation sites is 2. The fourth-order valence-electron chi connectivity index (χ4n) is 4.72. The van der Waals surface area contributed by atoms with Crippen LogP contribution in [0.15, 0.2) is 112 Å². The van der Waals surface area contributed by atoms with Gasteiger partial charge in [0.05, 0.1) is 27.2 Å². The average Bonchev–Trinajstić information content (AvgIpc) is 2.95. The second kappa shape index (κ2) is 11.2. The van der Waals surface area contributed by atoms with E-state index in [1.54, 1.807) is 37.3 Å². The van der Waals surface area contributed by atoms with Gasteiger partial charge in [-0.15, -0.1) is 0 Å². The summed E-state index contributed by atoms with van der Waals surface area (Å²) in [6.07, 6.45) is 1.50. The quantitative estimate of drug-likeness (QED) is 0.254. The fraction of sp³-hybridized carbons (Fsp3) is 0.161. The number of nitrogens with zero attached hydrogens (tertiary/aromatic N) is 2. The molecule has 8 nitrogen and oxygen atoms in total. The molecule has 0 unspecified atom stereocenters. The molecule has 0 amide bonds. The number of aryl methyl sites for hydroxylation is 1. The van der Waals surface area contributed by atoms with Crippen molar-refractivity contribution in [3.8, 4) is 17.2 Å². The Hall–Kier alpha value is -4.63. The number of anilines is 1. The van der Waals surface area contributed by atoms with Gasteiger partial charge in [0.25, 0.3) is 15.6 Å². The number of aromatic nitrogens is 2. The van der Waals surface area contributed by atoms with E-state index in [0.29, 0.717) is 34.5 Å². The van der Waals surface area contributed by atoms with Crippen molar-refractivity contribution in [1.82, 2.24) is 9.55 Å². The van der Waals surface area contributed by atoms with Gasteiger partial charge in [0.15, 0.2) is 0 Å². The second-order valence-electron chi connectivity index (χ2n) is 9.24. The van der Waals surface area contributed by atoms with E-state index in [4.69, 9.17) is 4.74 Å². The molecule has 1 N–H and O–H groups in total. The van der Waals surface area contributed by atoms with Gasteiger partial charge in [-0.2, -0.15) is 0 Å². The Kier molecular flexibility index (Phi) is 7.57. The maximum absolute atomic E-state index is 14.1. The van der Waals surface area contributed by atoms with Crippen LogP contribution in [0.2, 0.25) is 0 Å². The Balaban J connectivity index is 1.59. The number of nitrogens with one attached hydrogen (secondary N) is 1. The zero-order valence-electron chi connectivity index (χ0n) is 22.2. The molecule has 4 aromatic carbocycles. The van der Waals surface area contributed by atoms with Gasteiger partial charge < -0.3 is 9.72 Å². The molecule has 0 aliphatic carbocycles. The van der Waals surface area contributed by atoms with E-state index in [2.05, 4.69) is 4.98 Å². The van der Waals surface area contributed by atoms with Crippen molar-refractivity contribution in [1.29, 1.82) is 0 Å². The number of benzene rings is 4. The van der Waals surface area contributed by atoms with Crippen LogP contribution >= 0.6 is 0 Å². The number of sulfonamides is 1. The highest BCUT2D eigenvalue weighted by Gasteiger charge is 2.27. The minimum absolute atomic E-state index is 0.0388. The summed E-state index contributed by atoms with van der Waals surface area (Å²) in [5.41, 5.74) is 0.772. The monoisotopic (exact) mass is 555 g/mol. The van der Waals surface area contributed by atoms with E-state index in [1.807, 2.05) is 49.4 Å². The molecule has 5 aromatic rings. The summed E-state index contributed by atoms with van der Waals surface area (Å²) in [6.45, 7) is 3.96. The van der Waals surface area contributed by atoms with Gasteiger partial charge in [-0.1, -0.05) is 55.8 Å². The molecule has 0 aliphatic rings. The standard InChI is InChI=1S/C31H29N3O5S/c1-3-11-22-18-19-25(39-24-13-6-5-7-14-24)21-29(22)33(4-2)40(37,38)26-15-10-12-23(20-26)34-30(35)27-16-8-9-17-28(27)32-31(34)36/h5-10,12-21H,3-4,11H2,1-2H3,(H,32,36). The average molecular weight is 556 g/mol. The van der Waals surface area contributed by atoms with Crippen LogP contribution in [0.4, 0.5) is 5.69 Å². The van der Waals surface area contributed by atoms with E-state index in [-0.39, 0.29) is 17.1 Å². The zero-order valence-corrected chi connectivity index (χ0v) is 23.0. The number of aromatic amines is 1. The Bertz CT molecular complexity index is 1900. The molecule has 9 heteroatoms. The third-order valence-corrected chi connectivity index (χ3v) is 8.46. The van der Waals surface area contributed by atoms with Gasteiger partial charge in [0.2, 0.25) is 0 Å². The van der Waals surface area contributed by atoms with Crippen LogP contribution in [-0.2, 0) is 16.4 Å². The van der Waals surface area contributed by atoms with Crippen LogP contribution in [0.5, 0.6) is 11.5 Å². The van der Waals surface area contributed by atoms with Crippen LogP contribution in [-0.4, -0.2) is 24.5 Å². The molecule has 0 saturated carbocycles. The van der Waals surface area contributed by atoms with Gasteiger partial charge >= 0.3 is 5.69 Å². The highest BCUT2D eigenvalue weighted by atomic mass is 32.2. The second-order valence-corrected chi connectivity index (χ2v) is 11.1. The molecule has 0 bridgehead atoms. The van der Waals surface area contributed by atoms with Crippen molar-refractivity contribution in [3.05, 3.63) is 123 Å². The molecule has 0 aliphatic heterocycles. The molecular formula is C31H29N3O5S. The number of rotatable bonds is 9. The van der Waals surface area contributed by atoms with E-state index >= 15 is 0 Å². The first-order valence-electron chi connectivity index (χ1n) is 13.1. The highest BCUT2D eigenvalue weighted by Crippen LogP contribution is 2.33. The molecule has 0 spiro atoms. The predicted octanol–water partition coefficient (Wildman–Crippen LogP) is 5.64. The van der Waals surface area contributed by atoms with E-state index in [1.165, 1.54) is 28.6 Å². The summed E-state index contributed by atoms with van der Waals surface area (Å²) in [5.74, 6) is 1.15. The molecular weight excluding hydrogens is 526 g/mol. The van der Waals surface area contributed by atoms with E-state index in [0.717, 1.165) is 16.6 Å². The van der Waals surface area contributed by atoms with Crippen LogP contribution in [0.25, 0.3) is 16.6 Å². The van der Waals surface area contributed by atoms with Crippen LogP contribution in [0, 0.1) is 0 Å². The summed E-state index contributed by atoms with van der Waals surface area (Å²) in [6, 6.07) is 27.3. The van der Waals surface area contributed by atoms with Crippen molar-refractivity contribution >= 4 is 26.6 Å². The lowest BCUT2D eigenvalue weighted by molar-refractivity contribution is 0.482. The predicted molar refractivity (Wildman–Crippen MR) is 157 cm³/mol. The number of hydrogen-bond acceptors (Lipinski definition) is 5. The molecule has 5 rings (SSSR count). The lowest BCUT2D eigenvalue weighted by Crippen LogP contribution is -2.34. The van der Waals surface area contributed by atoms with Gasteiger partial charge in [-0.05, 0) is 67.4 Å². The van der Waals surface area contributed by atoms with Crippen molar-refractivity contribution in [2.75, 3.05) is 10.8 Å². The first-order valence-corrected chi connectivity index (χ1v) is 14.5. The number of ether oxygens (including phenoxy) is 1. The van der Waals surface area contributed by atoms with Crippen LogP contribution in [0.3, 0.4) is 0 Å². The summed E-state index contributed by atoms with van der Waals surface area (Å²) in [5, 5.41) is 0.324. The number of H-pyrrole nitrogens is 1. The molecule has 1 heterocycles. The summed E-state index contributed by atoms with van der Waals surface area (Å²) >= 11 is 0. The van der Waals surface area contributed by atoms with E-state index < -0.39 is 21.3 Å². The smallest absolute Gasteiger partial charge is 0.333 e. The lowest BCUT2D eigenvalue weighted by Gasteiger charge is -2.26.